The molecule has 16 bridgehead atoms. The van der Waals surface area contributed by atoms with Gasteiger partial charge in [-0.25, -0.2) is 9.97 Å². The summed E-state index contributed by atoms with van der Waals surface area (Å²) in [5, 5.41) is 1.95. The first-order valence-electron chi connectivity index (χ1n) is 25.8. The van der Waals surface area contributed by atoms with Crippen LogP contribution in [0.5, 0.6) is 23.0 Å². The number of rotatable bonds is 4. The van der Waals surface area contributed by atoms with E-state index in [1.54, 1.807) is 0 Å². The molecular weight excluding hydrogens is 897 g/mol. The van der Waals surface area contributed by atoms with Crippen LogP contribution in [0, 0.1) is 13.8 Å². The minimum atomic E-state index is 0.354. The molecule has 0 saturated carbocycles. The Labute approximate surface area is 423 Å². The lowest BCUT2D eigenvalue weighted by Gasteiger charge is -2.15. The predicted molar refractivity (Wildman–Crippen MR) is 293 cm³/mol. The molecule has 7 aromatic rings. The highest BCUT2D eigenvalue weighted by Gasteiger charge is 2.27. The largest absolute Gasteiger partial charge is 0.491 e. The Balaban J connectivity index is 1.17. The quantitative estimate of drug-likeness (QED) is 0.179. The highest BCUT2D eigenvalue weighted by molar-refractivity contribution is 6.04. The molecule has 10 heteroatoms. The van der Waals surface area contributed by atoms with E-state index >= 15 is 0 Å². The molecule has 3 aromatic heterocycles. The summed E-state index contributed by atoms with van der Waals surface area (Å²) in [5.41, 5.74) is 21.7. The topological polar surface area (TPSA) is 113 Å². The molecule has 10 nitrogen and oxygen atoms in total. The molecule has 370 valence electrons. The minimum absolute atomic E-state index is 0.354. The number of hydrogen-bond donors (Lipinski definition) is 2. The van der Waals surface area contributed by atoms with E-state index in [1.807, 2.05) is 30.3 Å². The number of aromatic nitrogens is 4. The fourth-order valence-corrected chi connectivity index (χ4v) is 10.9. The fourth-order valence-electron chi connectivity index (χ4n) is 10.9. The Hall–Kier alpha value is -7.14. The van der Waals surface area contributed by atoms with Crippen LogP contribution in [0.15, 0.2) is 97.1 Å². The number of aromatic amines is 2. The van der Waals surface area contributed by atoms with Crippen molar-refractivity contribution in [1.82, 2.24) is 19.9 Å². The molecule has 0 unspecified atom stereocenters. The van der Waals surface area contributed by atoms with E-state index in [0.717, 1.165) is 132 Å². The third-order valence-corrected chi connectivity index (χ3v) is 14.6. The van der Waals surface area contributed by atoms with Gasteiger partial charge in [0.15, 0.2) is 0 Å². The highest BCUT2D eigenvalue weighted by atomic mass is 16.6. The predicted octanol–water partition coefficient (Wildman–Crippen LogP) is 14.5. The second-order valence-corrected chi connectivity index (χ2v) is 18.6. The van der Waals surface area contributed by atoms with Crippen molar-refractivity contribution >= 4 is 55.1 Å². The lowest BCUT2D eigenvalue weighted by molar-refractivity contribution is 0.0765. The summed E-state index contributed by atoms with van der Waals surface area (Å²) in [5.74, 6) is 3.09. The van der Waals surface area contributed by atoms with Gasteiger partial charge in [-0.1, -0.05) is 82.3 Å². The Morgan fingerprint density at radius 2 is 0.917 bits per heavy atom. The number of allylic oxidation sites excluding steroid dienone is 4. The third kappa shape index (κ3) is 9.18. The van der Waals surface area contributed by atoms with Gasteiger partial charge in [-0.2, -0.15) is 0 Å². The van der Waals surface area contributed by atoms with Crippen LogP contribution < -0.4 is 18.9 Å². The summed E-state index contributed by atoms with van der Waals surface area (Å²) in [7, 11) is 0. The SMILES string of the molecule is CCC1=C(C)c2nc1cc1[nH]c(c(C)c1CC)c1c3nc(cc4[nH]c(c(C)c4CC)c2-c2ccc(cc2)OCCOCCOc2cccc4c(cccc24)OCCOCCOc2ccccc2-1)C(CC)=C3C. The molecule has 0 spiro atoms. The standard InChI is InChI=1S/C62H66N4O6/c1-9-43-37(5)59-57-41-23-25-42(26-24-41)69-31-27-67-28-32-70-54-21-15-19-48-47(54)18-16-22-55(48)71-33-29-68-30-34-72-56-20-14-13-17-49(56)58(61-39(7)45(11-3)52(65-61)35-50(43)63-59)62-40(8)46(12-4)53(66-62)36-51-44(10-2)38(6)60(57)64-51/h13-26,35-36,63,66H,9-12,27-34H2,1-8H3. The lowest BCUT2D eigenvalue weighted by Crippen LogP contribution is -2.13. The van der Waals surface area contributed by atoms with E-state index in [-0.39, 0.29) is 0 Å². The van der Waals surface area contributed by atoms with Crippen molar-refractivity contribution in [3.8, 4) is 45.3 Å². The van der Waals surface area contributed by atoms with Crippen LogP contribution in [0.25, 0.3) is 77.4 Å². The van der Waals surface area contributed by atoms with Gasteiger partial charge in [-0.05, 0) is 146 Å². The van der Waals surface area contributed by atoms with Gasteiger partial charge in [0, 0.05) is 38.5 Å². The van der Waals surface area contributed by atoms with Crippen molar-refractivity contribution in [2.45, 2.75) is 81.1 Å². The zero-order valence-electron chi connectivity index (χ0n) is 43.1. The average Bonchev–Trinajstić information content (AvgIpc) is 4.09. The summed E-state index contributed by atoms with van der Waals surface area (Å²) < 4.78 is 37.6. The average molecular weight is 963 g/mol. The maximum absolute atomic E-state index is 6.69. The van der Waals surface area contributed by atoms with Crippen molar-refractivity contribution in [1.29, 1.82) is 0 Å². The number of nitrogens with zero attached hydrogens (tertiary/aromatic N) is 2. The summed E-state index contributed by atoms with van der Waals surface area (Å²) in [6.07, 6.45) is 3.33. The van der Waals surface area contributed by atoms with Crippen LogP contribution in [0.2, 0.25) is 0 Å². The van der Waals surface area contributed by atoms with Crippen LogP contribution in [-0.4, -0.2) is 72.8 Å². The van der Waals surface area contributed by atoms with Gasteiger partial charge in [-0.3, -0.25) is 0 Å². The second-order valence-electron chi connectivity index (χ2n) is 18.6. The summed E-state index contributed by atoms with van der Waals surface area (Å²) in [6, 6.07) is 33.4. The maximum atomic E-state index is 6.69. The van der Waals surface area contributed by atoms with Crippen LogP contribution in [-0.2, 0) is 22.3 Å². The summed E-state index contributed by atoms with van der Waals surface area (Å²) >= 11 is 0. The lowest BCUT2D eigenvalue weighted by atomic mass is 9.95. The first kappa shape index (κ1) is 48.5. The summed E-state index contributed by atoms with van der Waals surface area (Å²) in [6.45, 7) is 21.0. The van der Waals surface area contributed by atoms with Gasteiger partial charge in [-0.15, -0.1) is 0 Å². The molecule has 0 aliphatic carbocycles. The molecule has 0 atom stereocenters. The van der Waals surface area contributed by atoms with Gasteiger partial charge < -0.3 is 38.4 Å². The van der Waals surface area contributed by atoms with Crippen LogP contribution >= 0.6 is 0 Å². The number of fused-ring (bicyclic) bond motifs is 1. The maximum Gasteiger partial charge on any atom is 0.127 e. The van der Waals surface area contributed by atoms with Crippen LogP contribution in [0.4, 0.5) is 0 Å². The van der Waals surface area contributed by atoms with Crippen molar-refractivity contribution < 1.29 is 28.4 Å². The van der Waals surface area contributed by atoms with Crippen molar-refractivity contribution in [2.24, 2.45) is 0 Å². The molecule has 2 N–H and O–H groups in total. The smallest absolute Gasteiger partial charge is 0.127 e. The number of ether oxygens (including phenoxy) is 6. The molecule has 72 heavy (non-hydrogen) atoms. The molecule has 0 radical (unpaired) electrons. The number of para-hydroxylation sites is 1. The van der Waals surface area contributed by atoms with E-state index in [0.29, 0.717) is 52.9 Å². The Bertz CT molecular complexity index is 3410. The van der Waals surface area contributed by atoms with E-state index in [1.165, 1.54) is 39.0 Å². The van der Waals surface area contributed by atoms with E-state index in [9.17, 15) is 0 Å². The second kappa shape index (κ2) is 21.3. The van der Waals surface area contributed by atoms with E-state index in [4.69, 9.17) is 38.4 Å². The monoisotopic (exact) mass is 962 g/mol. The molecule has 8 heterocycles. The van der Waals surface area contributed by atoms with Crippen LogP contribution in [0.3, 0.4) is 0 Å². The first-order chi connectivity index (χ1) is 35.2. The first-order valence-corrected chi connectivity index (χ1v) is 25.8. The van der Waals surface area contributed by atoms with Crippen molar-refractivity contribution in [2.75, 3.05) is 52.9 Å². The van der Waals surface area contributed by atoms with Gasteiger partial charge in [0.25, 0.3) is 0 Å². The molecule has 0 saturated heterocycles. The normalized spacial score (nSPS) is 14.9. The molecule has 5 aliphatic heterocycles. The zero-order chi connectivity index (χ0) is 49.9. The Kier molecular flexibility index (Phi) is 14.3. The number of benzene rings is 4. The number of H-pyrrole nitrogens is 2. The third-order valence-electron chi connectivity index (χ3n) is 14.6. The van der Waals surface area contributed by atoms with Crippen molar-refractivity contribution in [3.63, 3.8) is 0 Å². The minimum Gasteiger partial charge on any atom is -0.491 e. The van der Waals surface area contributed by atoms with E-state index < -0.39 is 0 Å². The highest BCUT2D eigenvalue weighted by Crippen LogP contribution is 2.45. The summed E-state index contributed by atoms with van der Waals surface area (Å²) in [4.78, 5) is 19.3. The van der Waals surface area contributed by atoms with Gasteiger partial charge in [0.05, 0.1) is 60.2 Å². The Morgan fingerprint density at radius 1 is 0.458 bits per heavy atom. The Morgan fingerprint density at radius 3 is 1.43 bits per heavy atom. The molecular formula is C62H66N4O6. The number of aryl methyl sites for hydroxylation is 4. The zero-order valence-corrected chi connectivity index (χ0v) is 43.1. The van der Waals surface area contributed by atoms with Gasteiger partial charge in [0.2, 0.25) is 0 Å². The van der Waals surface area contributed by atoms with Crippen LogP contribution in [0.1, 0.15) is 99.4 Å². The molecule has 12 rings (SSSR count). The van der Waals surface area contributed by atoms with Crippen molar-refractivity contribution in [3.05, 3.63) is 142 Å². The molecule has 0 amide bonds. The molecule has 4 aromatic carbocycles. The molecule has 0 fully saturated rings. The fraction of sp³-hybridized carbons (Fsp3) is 0.323. The number of hydrogen-bond acceptors (Lipinski definition) is 8. The van der Waals surface area contributed by atoms with E-state index in [2.05, 4.69) is 132 Å². The van der Waals surface area contributed by atoms with Gasteiger partial charge >= 0.3 is 0 Å². The number of nitrogens with one attached hydrogen (secondary N) is 2. The molecule has 5 aliphatic rings. The van der Waals surface area contributed by atoms with Gasteiger partial charge in [0.1, 0.15) is 49.4 Å².